The minimum Gasteiger partial charge on any atom is -0.487 e. The number of carbonyl (C=O) groups is 2. The molecule has 0 aliphatic carbocycles. The highest BCUT2D eigenvalue weighted by molar-refractivity contribution is 6.08. The van der Waals surface area contributed by atoms with Crippen molar-refractivity contribution in [3.63, 3.8) is 0 Å². The van der Waals surface area contributed by atoms with E-state index in [-0.39, 0.29) is 6.61 Å². The van der Waals surface area contributed by atoms with Crippen molar-refractivity contribution in [1.82, 2.24) is 5.32 Å². The fourth-order valence-corrected chi connectivity index (χ4v) is 2.63. The molecule has 0 saturated heterocycles. The Hall–Kier alpha value is -4.27. The molecule has 0 radical (unpaired) electrons. The third kappa shape index (κ3) is 5.63. The van der Waals surface area contributed by atoms with Crippen LogP contribution < -0.4 is 15.4 Å². The number of rotatable bonds is 6. The highest BCUT2D eigenvalue weighted by atomic mass is 19.1. The van der Waals surface area contributed by atoms with Crippen LogP contribution in [0.5, 0.6) is 5.75 Å². The fourth-order valence-electron chi connectivity index (χ4n) is 2.63. The summed E-state index contributed by atoms with van der Waals surface area (Å²) in [6, 6.07) is 17.1. The molecular formula is C22H17F2N3O4. The maximum absolute atomic E-state index is 13.6. The predicted molar refractivity (Wildman–Crippen MR) is 110 cm³/mol. The lowest BCUT2D eigenvalue weighted by Crippen LogP contribution is -2.35. The van der Waals surface area contributed by atoms with Gasteiger partial charge in [0.1, 0.15) is 35.3 Å². The molecule has 3 rings (SSSR count). The van der Waals surface area contributed by atoms with Gasteiger partial charge in [-0.05, 0) is 36.4 Å². The monoisotopic (exact) mass is 425 g/mol. The number of halogens is 2. The van der Waals surface area contributed by atoms with Crippen LogP contribution in [0.25, 0.3) is 0 Å². The van der Waals surface area contributed by atoms with Crippen LogP contribution in [0, 0.1) is 11.6 Å². The molecule has 0 unspecified atom stereocenters. The molecule has 0 atom stereocenters. The lowest BCUT2D eigenvalue weighted by molar-refractivity contribution is 0.0959. The molecule has 0 saturated carbocycles. The predicted octanol–water partition coefficient (Wildman–Crippen LogP) is 4.18. The van der Waals surface area contributed by atoms with Crippen LogP contribution in [-0.2, 0) is 0 Å². The first-order valence-corrected chi connectivity index (χ1v) is 9.03. The number of ether oxygens (including phenoxy) is 1. The number of nitrogens with zero attached hydrogens (tertiary/aromatic N) is 1. The summed E-state index contributed by atoms with van der Waals surface area (Å²) >= 11 is 0. The van der Waals surface area contributed by atoms with Crippen molar-refractivity contribution in [1.29, 1.82) is 0 Å². The van der Waals surface area contributed by atoms with Crippen LogP contribution in [0.4, 0.5) is 19.3 Å². The summed E-state index contributed by atoms with van der Waals surface area (Å²) in [7, 11) is 0. The number of oxime groups is 1. The van der Waals surface area contributed by atoms with Gasteiger partial charge in [-0.2, -0.15) is 0 Å². The molecule has 0 spiro atoms. The first-order chi connectivity index (χ1) is 15.0. The van der Waals surface area contributed by atoms with Gasteiger partial charge in [-0.3, -0.25) is 10.1 Å². The number of urea groups is 1. The normalized spacial score (nSPS) is 11.0. The van der Waals surface area contributed by atoms with Gasteiger partial charge < -0.3 is 15.3 Å². The number of amides is 3. The van der Waals surface area contributed by atoms with E-state index in [9.17, 15) is 18.4 Å². The zero-order valence-electron chi connectivity index (χ0n) is 16.0. The molecule has 3 amide bonds. The minimum absolute atomic E-state index is 0.0104. The van der Waals surface area contributed by atoms with Crippen molar-refractivity contribution < 1.29 is 28.3 Å². The summed E-state index contributed by atoms with van der Waals surface area (Å²) in [5.41, 5.74) is 0.504. The summed E-state index contributed by atoms with van der Waals surface area (Å²) in [5, 5.41) is 16.6. The Labute approximate surface area is 176 Å². The number of imide groups is 1. The van der Waals surface area contributed by atoms with E-state index in [1.54, 1.807) is 36.4 Å². The molecule has 3 aromatic rings. The number of hydrogen-bond donors (Lipinski definition) is 3. The van der Waals surface area contributed by atoms with Gasteiger partial charge in [-0.25, -0.2) is 13.6 Å². The summed E-state index contributed by atoms with van der Waals surface area (Å²) in [6.45, 7) is 0.0104. The van der Waals surface area contributed by atoms with Gasteiger partial charge in [0.05, 0.1) is 0 Å². The van der Waals surface area contributed by atoms with Crippen LogP contribution in [0.1, 0.15) is 15.9 Å². The Morgan fingerprint density at radius 2 is 1.55 bits per heavy atom. The highest BCUT2D eigenvalue weighted by Crippen LogP contribution is 2.17. The molecule has 0 heterocycles. The molecule has 3 N–H and O–H groups in total. The second-order valence-corrected chi connectivity index (χ2v) is 6.23. The summed E-state index contributed by atoms with van der Waals surface area (Å²) < 4.78 is 32.8. The van der Waals surface area contributed by atoms with Crippen LogP contribution in [0.3, 0.4) is 0 Å². The molecule has 158 valence electrons. The number of anilines is 1. The van der Waals surface area contributed by atoms with Gasteiger partial charge in [0.2, 0.25) is 0 Å². The molecule has 7 nitrogen and oxygen atoms in total. The minimum atomic E-state index is -1.20. The van der Waals surface area contributed by atoms with Crippen molar-refractivity contribution >= 4 is 23.3 Å². The quantitative estimate of drug-likeness (QED) is 0.313. The molecule has 0 fully saturated rings. The second kappa shape index (κ2) is 9.97. The van der Waals surface area contributed by atoms with Gasteiger partial charge in [-0.1, -0.05) is 41.6 Å². The van der Waals surface area contributed by atoms with Crippen LogP contribution in [-0.4, -0.2) is 29.5 Å². The number of benzene rings is 3. The van der Waals surface area contributed by atoms with Gasteiger partial charge in [0.15, 0.2) is 0 Å². The second-order valence-electron chi connectivity index (χ2n) is 6.23. The largest absolute Gasteiger partial charge is 0.487 e. The SMILES string of the molecule is O=C(NC(=O)c1c(F)cccc1F)Nc1ccc(OCC(=NO)c2ccccc2)cc1. The number of nitrogens with one attached hydrogen (secondary N) is 2. The van der Waals surface area contributed by atoms with Gasteiger partial charge >= 0.3 is 6.03 Å². The molecule has 31 heavy (non-hydrogen) atoms. The van der Waals surface area contributed by atoms with E-state index in [2.05, 4.69) is 10.5 Å². The van der Waals surface area contributed by atoms with E-state index in [4.69, 9.17) is 9.94 Å². The summed E-state index contributed by atoms with van der Waals surface area (Å²) in [6.07, 6.45) is 0. The maximum atomic E-state index is 13.6. The van der Waals surface area contributed by atoms with Crippen molar-refractivity contribution in [3.8, 4) is 5.75 Å². The van der Waals surface area contributed by atoms with Crippen LogP contribution in [0.15, 0.2) is 78.0 Å². The standard InChI is InChI=1S/C22H17F2N3O4/c23-17-7-4-8-18(24)20(17)21(28)26-22(29)25-15-9-11-16(12-10-15)31-13-19(27-30)14-5-2-1-3-6-14/h1-12,30H,13H2,(H2,25,26,28,29). The Kier molecular flexibility index (Phi) is 6.89. The van der Waals surface area contributed by atoms with E-state index in [0.29, 0.717) is 22.7 Å². The molecule has 0 aliphatic rings. The van der Waals surface area contributed by atoms with E-state index in [1.165, 1.54) is 12.1 Å². The van der Waals surface area contributed by atoms with E-state index < -0.39 is 29.1 Å². The summed E-state index contributed by atoms with van der Waals surface area (Å²) in [4.78, 5) is 23.9. The Morgan fingerprint density at radius 3 is 2.16 bits per heavy atom. The number of carbonyl (C=O) groups excluding carboxylic acids is 2. The van der Waals surface area contributed by atoms with E-state index in [1.807, 2.05) is 11.4 Å². The van der Waals surface area contributed by atoms with Crippen molar-refractivity contribution in [2.75, 3.05) is 11.9 Å². The third-order valence-corrected chi connectivity index (χ3v) is 4.13. The molecule has 9 heteroatoms. The van der Waals surface area contributed by atoms with Gasteiger partial charge in [0.25, 0.3) is 5.91 Å². The van der Waals surface area contributed by atoms with Gasteiger partial charge in [-0.15, -0.1) is 0 Å². The van der Waals surface area contributed by atoms with Crippen molar-refractivity contribution in [2.45, 2.75) is 0 Å². The number of hydrogen-bond acceptors (Lipinski definition) is 5. The topological polar surface area (TPSA) is 100 Å². The van der Waals surface area contributed by atoms with E-state index >= 15 is 0 Å². The molecule has 0 aliphatic heterocycles. The zero-order chi connectivity index (χ0) is 22.2. The van der Waals surface area contributed by atoms with Crippen molar-refractivity contribution in [3.05, 3.63) is 95.6 Å². The zero-order valence-corrected chi connectivity index (χ0v) is 16.0. The summed E-state index contributed by atoms with van der Waals surface area (Å²) in [5.74, 6) is -2.92. The average molecular weight is 425 g/mol. The molecule has 0 aromatic heterocycles. The van der Waals surface area contributed by atoms with Crippen LogP contribution in [0.2, 0.25) is 0 Å². The van der Waals surface area contributed by atoms with Crippen molar-refractivity contribution in [2.24, 2.45) is 5.16 Å². The fraction of sp³-hybridized carbons (Fsp3) is 0.0455. The lowest BCUT2D eigenvalue weighted by Gasteiger charge is -2.10. The Balaban J connectivity index is 1.55. The first-order valence-electron chi connectivity index (χ1n) is 9.03. The Morgan fingerprint density at radius 1 is 0.903 bits per heavy atom. The lowest BCUT2D eigenvalue weighted by atomic mass is 10.1. The molecule has 0 bridgehead atoms. The van der Waals surface area contributed by atoms with Gasteiger partial charge in [0, 0.05) is 11.3 Å². The third-order valence-electron chi connectivity index (χ3n) is 4.13. The Bertz CT molecular complexity index is 1080. The maximum Gasteiger partial charge on any atom is 0.326 e. The molecular weight excluding hydrogens is 408 g/mol. The highest BCUT2D eigenvalue weighted by Gasteiger charge is 2.19. The van der Waals surface area contributed by atoms with Crippen LogP contribution >= 0.6 is 0 Å². The first kappa shape index (κ1) is 21.4. The van der Waals surface area contributed by atoms with E-state index in [0.717, 1.165) is 18.2 Å². The average Bonchev–Trinajstić information content (AvgIpc) is 2.76. The molecule has 3 aromatic carbocycles. The smallest absolute Gasteiger partial charge is 0.326 e.